The van der Waals surface area contributed by atoms with E-state index in [9.17, 15) is 49.4 Å². The second-order valence-corrected chi connectivity index (χ2v) is 27.5. The second-order valence-electron chi connectivity index (χ2n) is 20.2. The first-order valence-corrected chi connectivity index (χ1v) is 31.4. The van der Waals surface area contributed by atoms with Crippen molar-refractivity contribution in [3.63, 3.8) is 0 Å². The van der Waals surface area contributed by atoms with Crippen molar-refractivity contribution in [2.75, 3.05) is 10.2 Å². The number of benzene rings is 2. The van der Waals surface area contributed by atoms with E-state index in [-0.39, 0.29) is 227 Å². The smallest absolute Gasteiger partial charge is 0.748 e. The Bertz CT molecular complexity index is 3580. The SMILES string of the molecule is CCC1CCC(S(=O)(=O)[O-])C(CC)C1Nc1nc(N(c2nc3ccc(S(=O)(=O)[O-])cc3s2)C2C(CC)CCC(S(=O)(=O)[O-])C2CC)cc(C)c1N=Nc1c(C#N)c(C(C)(C)C)nn1-c1nc2ccc(SOO[O-])cc2s1.[K+].[K+].[Na+].[Na+]. The standard InChI is InChI=1S/C48H60N10O12S6.2K.2Na/c1-9-26-13-19-37(75(63,64)65)30(11-3)41(26)53-44-40(54-55-45-32(24-49)43(48(6,7)8)56-58(45)47-51-33-17-15-28(73-70-69-59)22-35(33)72-47)25(5)21-39(52-44)57(42-27(10-2)14-20-38(31(42)12-4)76(66,67)68)46-50-34-18-16-29(74(60,61)62)23-36(34)71-46;;;;/h15-18,21-23,26-27,30-31,37-38,41-42,59H,9-14,19-20H2,1-8H3,(H,52,53)(H,60,61,62)(H,63,64,65)(H,66,67,68);;;;/q;4*+1/p-4. The van der Waals surface area contributed by atoms with E-state index >= 15 is 0 Å². The number of hydrogen-bond donors (Lipinski definition) is 1. The number of nitrogens with one attached hydrogen (secondary N) is 1. The van der Waals surface area contributed by atoms with Gasteiger partial charge in [0.05, 0.1) is 73.8 Å². The number of anilines is 3. The van der Waals surface area contributed by atoms with Crippen LogP contribution in [0.1, 0.15) is 117 Å². The molecule has 32 heteroatoms. The largest absolute Gasteiger partial charge is 1.00 e. The molecule has 8 rings (SSSR count). The van der Waals surface area contributed by atoms with Crippen LogP contribution in [-0.4, -0.2) is 86.2 Å². The summed E-state index contributed by atoms with van der Waals surface area (Å²) in [6.45, 7) is 15.0. The predicted octanol–water partition coefficient (Wildman–Crippen LogP) is -2.66. The molecule has 0 saturated heterocycles. The molecule has 8 atom stereocenters. The van der Waals surface area contributed by atoms with Crippen LogP contribution in [-0.2, 0) is 45.1 Å². The van der Waals surface area contributed by atoms with E-state index in [1.165, 1.54) is 28.2 Å². The van der Waals surface area contributed by atoms with Crippen molar-refractivity contribution in [1.29, 1.82) is 5.26 Å². The zero-order valence-corrected chi connectivity index (χ0v) is 61.8. The third-order valence-corrected chi connectivity index (χ3v) is 20.8. The topological polar surface area (TPSA) is 333 Å². The molecule has 22 nitrogen and oxygen atoms in total. The van der Waals surface area contributed by atoms with Gasteiger partial charge in [-0.25, -0.2) is 40.2 Å². The minimum Gasteiger partial charge on any atom is -0.748 e. The molecule has 0 bridgehead atoms. The number of rotatable bonds is 18. The third-order valence-electron chi connectivity index (χ3n) is 14.7. The molecule has 2 aliphatic rings. The Kier molecular flexibility index (Phi) is 27.5. The summed E-state index contributed by atoms with van der Waals surface area (Å²) in [6, 6.07) is 11.5. The molecule has 6 aromatic rings. The number of fused-ring (bicyclic) bond motifs is 2. The van der Waals surface area contributed by atoms with E-state index in [1.54, 1.807) is 36.1 Å². The van der Waals surface area contributed by atoms with Gasteiger partial charge in [0.2, 0.25) is 5.13 Å². The van der Waals surface area contributed by atoms with Crippen molar-refractivity contribution < 1.29 is 215 Å². The Balaban J connectivity index is 0.00000344. The van der Waals surface area contributed by atoms with Gasteiger partial charge in [-0.3, -0.25) is 9.94 Å². The van der Waals surface area contributed by atoms with Crippen LogP contribution in [0.25, 0.3) is 25.6 Å². The quantitative estimate of drug-likeness (QED) is 0.0229. The maximum atomic E-state index is 13.1. The zero-order valence-electron chi connectivity index (χ0n) is 46.7. The molecule has 2 aliphatic carbocycles. The molecule has 410 valence electrons. The molecule has 4 aromatic heterocycles. The predicted molar refractivity (Wildman–Crippen MR) is 283 cm³/mol. The van der Waals surface area contributed by atoms with Crippen molar-refractivity contribution >= 4 is 114 Å². The van der Waals surface area contributed by atoms with Crippen LogP contribution in [0.4, 0.5) is 28.3 Å². The zero-order chi connectivity index (χ0) is 55.2. The molecular weight excluding hydrogens is 1230 g/mol. The minimum absolute atomic E-state index is 0. The van der Waals surface area contributed by atoms with Gasteiger partial charge in [-0.2, -0.15) is 19.4 Å². The first-order chi connectivity index (χ1) is 35.8. The van der Waals surface area contributed by atoms with Crippen molar-refractivity contribution in [2.45, 2.75) is 145 Å². The molecule has 2 fully saturated rings. The molecule has 0 radical (unpaired) electrons. The summed E-state index contributed by atoms with van der Waals surface area (Å²) < 4.78 is 122. The monoisotopic (exact) mass is 1280 g/mol. The number of azo groups is 1. The summed E-state index contributed by atoms with van der Waals surface area (Å²) in [6.07, 6.45) is 2.76. The van der Waals surface area contributed by atoms with Gasteiger partial charge in [0.25, 0.3) is 0 Å². The van der Waals surface area contributed by atoms with Gasteiger partial charge in [0.1, 0.15) is 33.3 Å². The number of hydrogen-bond acceptors (Lipinski definition) is 24. The van der Waals surface area contributed by atoms with Gasteiger partial charge in [0.15, 0.2) is 16.8 Å². The van der Waals surface area contributed by atoms with E-state index in [4.69, 9.17) is 30.3 Å². The van der Waals surface area contributed by atoms with Crippen LogP contribution >= 0.6 is 34.7 Å². The van der Waals surface area contributed by atoms with Gasteiger partial charge < -0.3 is 24.2 Å². The summed E-state index contributed by atoms with van der Waals surface area (Å²) in [5.74, 6) is -1.50. The Morgan fingerprint density at radius 1 is 0.812 bits per heavy atom. The van der Waals surface area contributed by atoms with Crippen molar-refractivity contribution in [3.8, 4) is 11.2 Å². The molecule has 0 aliphatic heterocycles. The third kappa shape index (κ3) is 16.0. The summed E-state index contributed by atoms with van der Waals surface area (Å²) in [4.78, 5) is 16.9. The Hall–Kier alpha value is 0.503. The average molecular weight is 1280 g/mol. The fraction of sp³-hybridized carbons (Fsp3) is 0.521. The fourth-order valence-electron chi connectivity index (χ4n) is 11.1. The number of aryl methyl sites for hydroxylation is 1. The Labute approximate surface area is 608 Å². The van der Waals surface area contributed by atoms with E-state index in [0.29, 0.717) is 85.9 Å². The molecule has 2 aromatic carbocycles. The fourth-order valence-corrected chi connectivity index (χ4v) is 16.6. The van der Waals surface area contributed by atoms with Gasteiger partial charge >= 0.3 is 162 Å². The summed E-state index contributed by atoms with van der Waals surface area (Å²) in [5, 5.41) is 41.0. The van der Waals surface area contributed by atoms with E-state index in [1.807, 2.05) is 48.5 Å². The number of pyridine rings is 1. The number of nitrogens with zero attached hydrogens (tertiary/aromatic N) is 9. The van der Waals surface area contributed by atoms with Gasteiger partial charge in [0, 0.05) is 22.4 Å². The summed E-state index contributed by atoms with van der Waals surface area (Å²) in [7, 11) is -14.5. The average Bonchev–Trinajstić information content (AvgIpc) is 4.09. The minimum atomic E-state index is -4.88. The van der Waals surface area contributed by atoms with Crippen molar-refractivity contribution in [1.82, 2.24) is 24.7 Å². The number of nitriles is 1. The first-order valence-electron chi connectivity index (χ1n) is 24.7. The van der Waals surface area contributed by atoms with Gasteiger partial charge in [-0.05, 0) is 104 Å². The van der Waals surface area contributed by atoms with Crippen molar-refractivity contribution in [3.05, 3.63) is 59.3 Å². The Morgan fingerprint density at radius 2 is 1.41 bits per heavy atom. The van der Waals surface area contributed by atoms with Crippen LogP contribution < -0.4 is 177 Å². The number of aromatic nitrogens is 5. The molecule has 4 heterocycles. The van der Waals surface area contributed by atoms with E-state index in [0.717, 1.165) is 17.4 Å². The molecule has 8 unspecified atom stereocenters. The van der Waals surface area contributed by atoms with Crippen molar-refractivity contribution in [2.24, 2.45) is 33.9 Å². The summed E-state index contributed by atoms with van der Waals surface area (Å²) in [5.41, 5.74) is 1.29. The molecular formula is C48H56K2N10Na2O12S6. The normalized spacial score (nSPS) is 21.7. The van der Waals surface area contributed by atoms with E-state index < -0.39 is 75.1 Å². The Morgan fingerprint density at radius 3 is 1.99 bits per heavy atom. The molecule has 1 N–H and O–H groups in total. The maximum absolute atomic E-state index is 13.1. The van der Waals surface area contributed by atoms with E-state index in [2.05, 4.69) is 20.8 Å². The van der Waals surface area contributed by atoms with Gasteiger partial charge in [-0.15, -0.1) is 10.2 Å². The molecule has 0 amide bonds. The first kappa shape index (κ1) is 73.0. The molecule has 0 spiro atoms. The number of thiazole rings is 2. The van der Waals surface area contributed by atoms with Crippen LogP contribution in [0.15, 0.2) is 62.5 Å². The summed E-state index contributed by atoms with van der Waals surface area (Å²) >= 11 is 2.98. The van der Waals surface area contributed by atoms with Crippen LogP contribution in [0, 0.1) is 41.9 Å². The van der Waals surface area contributed by atoms with Crippen LogP contribution in [0.5, 0.6) is 0 Å². The van der Waals surface area contributed by atoms with Gasteiger partial charge in [-0.1, -0.05) is 96.8 Å². The second kappa shape index (κ2) is 30.1. The van der Waals surface area contributed by atoms with Crippen LogP contribution in [0.3, 0.4) is 0 Å². The van der Waals surface area contributed by atoms with Crippen LogP contribution in [0.2, 0.25) is 0 Å². The maximum Gasteiger partial charge on any atom is 1.00 e. The molecule has 80 heavy (non-hydrogen) atoms. The molecule has 2 saturated carbocycles.